The summed E-state index contributed by atoms with van der Waals surface area (Å²) in [6, 6.07) is 20.7. The van der Waals surface area contributed by atoms with Crippen molar-refractivity contribution in [2.24, 2.45) is 0 Å². The third kappa shape index (κ3) is 4.88. The number of hydrogen-bond acceptors (Lipinski definition) is 4. The number of aromatic nitrogens is 2. The van der Waals surface area contributed by atoms with Gasteiger partial charge in [-0.25, -0.2) is 4.98 Å². The molecule has 0 spiro atoms. The van der Waals surface area contributed by atoms with Gasteiger partial charge in [0.25, 0.3) is 0 Å². The van der Waals surface area contributed by atoms with Gasteiger partial charge in [-0.15, -0.1) is 0 Å². The monoisotopic (exact) mass is 463 g/mol. The second-order valence-corrected chi connectivity index (χ2v) is 7.78. The number of imidazole rings is 1. The van der Waals surface area contributed by atoms with Gasteiger partial charge < -0.3 is 14.5 Å². The lowest BCUT2D eigenvalue weighted by atomic mass is 10.1. The van der Waals surface area contributed by atoms with Crippen LogP contribution in [-0.2, 0) is 6.61 Å². The lowest BCUT2D eigenvalue weighted by Gasteiger charge is -2.13. The highest BCUT2D eigenvalue weighted by molar-refractivity contribution is 6.35. The predicted molar refractivity (Wildman–Crippen MR) is 128 cm³/mol. The zero-order valence-electron chi connectivity index (χ0n) is 17.2. The quantitative estimate of drug-likeness (QED) is 0.302. The van der Waals surface area contributed by atoms with E-state index in [0.717, 1.165) is 22.2 Å². The van der Waals surface area contributed by atoms with E-state index in [1.165, 1.54) is 0 Å². The van der Waals surface area contributed by atoms with E-state index < -0.39 is 0 Å². The molecule has 32 heavy (non-hydrogen) atoms. The van der Waals surface area contributed by atoms with E-state index in [0.29, 0.717) is 39.5 Å². The third-order valence-corrected chi connectivity index (χ3v) is 5.33. The Bertz CT molecular complexity index is 1310. The highest BCUT2D eigenvalue weighted by Gasteiger charge is 2.11. The Kier molecular flexibility index (Phi) is 6.65. The standard InChI is InChI=1S/C25H19Cl2N3O2/c1-2-31-24-12-16(7-10-23(24)32-15-17-8-9-19(26)13-20(17)27)11-18(14-28)25-29-21-5-3-4-6-22(21)30-25/h3-13H,2,15H2,1H3,(H,29,30)/b18-11+. The van der Waals surface area contributed by atoms with Crippen LogP contribution < -0.4 is 9.47 Å². The number of rotatable bonds is 7. The van der Waals surface area contributed by atoms with Gasteiger partial charge in [-0.3, -0.25) is 0 Å². The Balaban J connectivity index is 1.60. The zero-order valence-corrected chi connectivity index (χ0v) is 18.7. The van der Waals surface area contributed by atoms with Crippen LogP contribution in [0.25, 0.3) is 22.7 Å². The van der Waals surface area contributed by atoms with E-state index in [1.807, 2.05) is 55.5 Å². The molecule has 1 N–H and O–H groups in total. The van der Waals surface area contributed by atoms with Gasteiger partial charge in [0.15, 0.2) is 11.5 Å². The first-order valence-electron chi connectivity index (χ1n) is 9.98. The van der Waals surface area contributed by atoms with Gasteiger partial charge in [0.2, 0.25) is 0 Å². The summed E-state index contributed by atoms with van der Waals surface area (Å²) in [4.78, 5) is 7.70. The minimum Gasteiger partial charge on any atom is -0.490 e. The number of nitrogens with zero attached hydrogens (tertiary/aromatic N) is 2. The van der Waals surface area contributed by atoms with E-state index in [-0.39, 0.29) is 6.61 Å². The van der Waals surface area contributed by atoms with Crippen molar-refractivity contribution in [1.29, 1.82) is 5.26 Å². The molecule has 0 aliphatic heterocycles. The smallest absolute Gasteiger partial charge is 0.161 e. The summed E-state index contributed by atoms with van der Waals surface area (Å²) < 4.78 is 11.7. The molecule has 0 saturated heterocycles. The molecule has 1 heterocycles. The molecule has 160 valence electrons. The molecule has 4 rings (SSSR count). The van der Waals surface area contributed by atoms with E-state index >= 15 is 0 Å². The topological polar surface area (TPSA) is 70.9 Å². The maximum atomic E-state index is 9.69. The first kappa shape index (κ1) is 21.8. The van der Waals surface area contributed by atoms with Crippen molar-refractivity contribution in [3.05, 3.63) is 87.7 Å². The molecule has 0 aliphatic rings. The Morgan fingerprint density at radius 3 is 2.66 bits per heavy atom. The third-order valence-electron chi connectivity index (χ3n) is 4.74. The van der Waals surface area contributed by atoms with E-state index in [1.54, 1.807) is 18.2 Å². The van der Waals surface area contributed by atoms with Crippen molar-refractivity contribution in [2.75, 3.05) is 6.61 Å². The molecule has 0 fully saturated rings. The van der Waals surface area contributed by atoms with Crippen LogP contribution >= 0.6 is 23.2 Å². The van der Waals surface area contributed by atoms with Crippen LogP contribution in [0.1, 0.15) is 23.9 Å². The molecule has 3 aromatic carbocycles. The number of fused-ring (bicyclic) bond motifs is 1. The molecule has 0 unspecified atom stereocenters. The summed E-state index contributed by atoms with van der Waals surface area (Å²) in [6.07, 6.45) is 1.76. The van der Waals surface area contributed by atoms with Gasteiger partial charge in [0.1, 0.15) is 18.5 Å². The molecule has 5 nitrogen and oxygen atoms in total. The summed E-state index contributed by atoms with van der Waals surface area (Å²) in [5, 5.41) is 10.8. The summed E-state index contributed by atoms with van der Waals surface area (Å²) in [6.45, 7) is 2.64. The number of para-hydroxylation sites is 2. The predicted octanol–water partition coefficient (Wildman–Crippen LogP) is 6.91. The van der Waals surface area contributed by atoms with Crippen molar-refractivity contribution in [3.63, 3.8) is 0 Å². The lowest BCUT2D eigenvalue weighted by molar-refractivity contribution is 0.269. The van der Waals surface area contributed by atoms with Gasteiger partial charge in [-0.05, 0) is 55.0 Å². The minimum absolute atomic E-state index is 0.272. The lowest BCUT2D eigenvalue weighted by Crippen LogP contribution is -2.00. The molecule has 7 heteroatoms. The number of halogens is 2. The average molecular weight is 464 g/mol. The normalized spacial score (nSPS) is 11.4. The molecule has 0 amide bonds. The summed E-state index contributed by atoms with van der Waals surface area (Å²) in [5.74, 6) is 1.68. The maximum absolute atomic E-state index is 9.69. The number of benzene rings is 3. The fourth-order valence-electron chi connectivity index (χ4n) is 3.20. The Morgan fingerprint density at radius 2 is 1.91 bits per heavy atom. The Hall–Kier alpha value is -3.46. The second kappa shape index (κ2) is 9.78. The number of H-pyrrole nitrogens is 1. The van der Waals surface area contributed by atoms with Crippen LogP contribution in [-0.4, -0.2) is 16.6 Å². The molecule has 4 aromatic rings. The molecule has 0 atom stereocenters. The maximum Gasteiger partial charge on any atom is 0.161 e. The van der Waals surface area contributed by atoms with Gasteiger partial charge >= 0.3 is 0 Å². The Labute approximate surface area is 195 Å². The summed E-state index contributed by atoms with van der Waals surface area (Å²) in [7, 11) is 0. The second-order valence-electron chi connectivity index (χ2n) is 6.94. The number of aromatic amines is 1. The van der Waals surface area contributed by atoms with Crippen LogP contribution in [0.15, 0.2) is 60.7 Å². The van der Waals surface area contributed by atoms with Gasteiger partial charge in [-0.1, -0.05) is 47.5 Å². The summed E-state index contributed by atoms with van der Waals surface area (Å²) >= 11 is 12.2. The number of hydrogen-bond donors (Lipinski definition) is 1. The molecular weight excluding hydrogens is 445 g/mol. The average Bonchev–Trinajstić information content (AvgIpc) is 3.22. The van der Waals surface area contributed by atoms with Crippen LogP contribution in [0.5, 0.6) is 11.5 Å². The molecule has 0 saturated carbocycles. The first-order chi connectivity index (χ1) is 15.6. The number of ether oxygens (including phenoxy) is 2. The van der Waals surface area contributed by atoms with Crippen molar-refractivity contribution in [2.45, 2.75) is 13.5 Å². The fourth-order valence-corrected chi connectivity index (χ4v) is 3.66. The molecule has 0 bridgehead atoms. The molecule has 0 aliphatic carbocycles. The number of allylic oxidation sites excluding steroid dienone is 1. The van der Waals surface area contributed by atoms with Crippen LogP contribution in [0.2, 0.25) is 10.0 Å². The van der Waals surface area contributed by atoms with Crippen molar-refractivity contribution in [1.82, 2.24) is 9.97 Å². The molecule has 0 radical (unpaired) electrons. The van der Waals surface area contributed by atoms with Crippen molar-refractivity contribution >= 4 is 45.9 Å². The van der Waals surface area contributed by atoms with Crippen molar-refractivity contribution in [3.8, 4) is 17.6 Å². The number of nitriles is 1. The van der Waals surface area contributed by atoms with Gasteiger partial charge in [0, 0.05) is 15.6 Å². The molecular formula is C25H19Cl2N3O2. The Morgan fingerprint density at radius 1 is 1.06 bits per heavy atom. The van der Waals surface area contributed by atoms with Gasteiger partial charge in [-0.2, -0.15) is 5.26 Å². The van der Waals surface area contributed by atoms with E-state index in [9.17, 15) is 5.26 Å². The van der Waals surface area contributed by atoms with Crippen LogP contribution in [0.4, 0.5) is 0 Å². The highest BCUT2D eigenvalue weighted by atomic mass is 35.5. The van der Waals surface area contributed by atoms with Crippen LogP contribution in [0.3, 0.4) is 0 Å². The highest BCUT2D eigenvalue weighted by Crippen LogP contribution is 2.32. The zero-order chi connectivity index (χ0) is 22.5. The SMILES string of the molecule is CCOc1cc(/C=C(\C#N)c2nc3ccccc3[nH]2)ccc1OCc1ccc(Cl)cc1Cl. The van der Waals surface area contributed by atoms with Crippen molar-refractivity contribution < 1.29 is 9.47 Å². The van der Waals surface area contributed by atoms with Crippen LogP contribution in [0, 0.1) is 11.3 Å². The summed E-state index contributed by atoms with van der Waals surface area (Å²) in [5.41, 5.74) is 3.72. The largest absolute Gasteiger partial charge is 0.490 e. The van der Waals surface area contributed by atoms with E-state index in [4.69, 9.17) is 32.7 Å². The fraction of sp³-hybridized carbons (Fsp3) is 0.120. The first-order valence-corrected chi connectivity index (χ1v) is 10.7. The molecule has 1 aromatic heterocycles. The van der Waals surface area contributed by atoms with Gasteiger partial charge in [0.05, 0.1) is 23.2 Å². The minimum atomic E-state index is 0.272. The number of nitrogens with one attached hydrogen (secondary N) is 1. The van der Waals surface area contributed by atoms with E-state index in [2.05, 4.69) is 16.0 Å².